The van der Waals surface area contributed by atoms with Crippen LogP contribution < -0.4 is 14.2 Å². The molecule has 0 saturated heterocycles. The molecule has 0 radical (unpaired) electrons. The van der Waals surface area contributed by atoms with Crippen LogP contribution in [0.25, 0.3) is 22.4 Å². The van der Waals surface area contributed by atoms with Crippen LogP contribution in [0.2, 0.25) is 0 Å². The average Bonchev–Trinajstić information content (AvgIpc) is 3.17. The zero-order chi connectivity index (χ0) is 21.3. The average molecular weight is 423 g/mol. The molecule has 4 aromatic rings. The molecule has 0 aliphatic carbocycles. The SMILES string of the molecule is COc1cc2nc(-c3ccc(C)c(NS(=O)(=O)c4ccccc4)c3)[nH]c2cc1OC. The summed E-state index contributed by atoms with van der Waals surface area (Å²) in [5.74, 6) is 1.80. The molecule has 0 bridgehead atoms. The Morgan fingerprint density at radius 3 is 2.33 bits per heavy atom. The second-order valence-corrected chi connectivity index (χ2v) is 8.44. The van der Waals surface area contributed by atoms with Crippen molar-refractivity contribution in [1.29, 1.82) is 0 Å². The summed E-state index contributed by atoms with van der Waals surface area (Å²) >= 11 is 0. The van der Waals surface area contributed by atoms with Crippen molar-refractivity contribution in [1.82, 2.24) is 9.97 Å². The number of imidazole rings is 1. The number of methoxy groups -OCH3 is 2. The first kappa shape index (κ1) is 19.8. The quantitative estimate of drug-likeness (QED) is 0.481. The third-order valence-electron chi connectivity index (χ3n) is 4.80. The first-order chi connectivity index (χ1) is 14.4. The normalized spacial score (nSPS) is 11.4. The number of H-pyrrole nitrogens is 1. The Bertz CT molecular complexity index is 1270. The predicted molar refractivity (Wildman–Crippen MR) is 117 cm³/mol. The second kappa shape index (κ2) is 7.72. The molecule has 30 heavy (non-hydrogen) atoms. The van der Waals surface area contributed by atoms with Crippen LogP contribution in [-0.2, 0) is 10.0 Å². The number of aromatic nitrogens is 2. The Kier molecular flexibility index (Phi) is 5.09. The number of hydrogen-bond acceptors (Lipinski definition) is 5. The summed E-state index contributed by atoms with van der Waals surface area (Å²) in [6.07, 6.45) is 0. The summed E-state index contributed by atoms with van der Waals surface area (Å²) in [5, 5.41) is 0. The summed E-state index contributed by atoms with van der Waals surface area (Å²) in [5.41, 5.74) is 3.55. The molecule has 4 rings (SSSR count). The van der Waals surface area contributed by atoms with Gasteiger partial charge in [-0.05, 0) is 30.7 Å². The standard InChI is InChI=1S/C22H21N3O4S/c1-14-9-10-15(11-17(14)25-30(26,27)16-7-5-4-6-8-16)22-23-18-12-20(28-2)21(29-3)13-19(18)24-22/h4-13,25H,1-3H3,(H,23,24). The smallest absolute Gasteiger partial charge is 0.261 e. The molecule has 0 spiro atoms. The first-order valence-corrected chi connectivity index (χ1v) is 10.7. The second-order valence-electron chi connectivity index (χ2n) is 6.76. The van der Waals surface area contributed by atoms with Gasteiger partial charge in [-0.25, -0.2) is 13.4 Å². The molecule has 0 fully saturated rings. The van der Waals surface area contributed by atoms with E-state index in [0.29, 0.717) is 23.0 Å². The van der Waals surface area contributed by atoms with E-state index >= 15 is 0 Å². The van der Waals surface area contributed by atoms with E-state index in [-0.39, 0.29) is 4.90 Å². The van der Waals surface area contributed by atoms with E-state index in [1.165, 1.54) is 0 Å². The maximum Gasteiger partial charge on any atom is 0.261 e. The fraction of sp³-hybridized carbons (Fsp3) is 0.136. The van der Waals surface area contributed by atoms with Gasteiger partial charge in [-0.15, -0.1) is 0 Å². The number of aryl methyl sites for hydroxylation is 1. The summed E-state index contributed by atoms with van der Waals surface area (Å²) in [7, 11) is -0.544. The lowest BCUT2D eigenvalue weighted by molar-refractivity contribution is 0.356. The lowest BCUT2D eigenvalue weighted by Gasteiger charge is -2.11. The lowest BCUT2D eigenvalue weighted by Crippen LogP contribution is -2.13. The van der Waals surface area contributed by atoms with E-state index in [2.05, 4.69) is 14.7 Å². The third-order valence-corrected chi connectivity index (χ3v) is 6.18. The molecule has 0 aliphatic rings. The van der Waals surface area contributed by atoms with Crippen molar-refractivity contribution in [3.63, 3.8) is 0 Å². The van der Waals surface area contributed by atoms with E-state index in [4.69, 9.17) is 9.47 Å². The van der Waals surface area contributed by atoms with Crippen LogP contribution in [0.5, 0.6) is 11.5 Å². The number of benzene rings is 3. The van der Waals surface area contributed by atoms with E-state index < -0.39 is 10.0 Å². The minimum absolute atomic E-state index is 0.206. The number of nitrogens with one attached hydrogen (secondary N) is 2. The van der Waals surface area contributed by atoms with Gasteiger partial charge >= 0.3 is 0 Å². The molecule has 0 amide bonds. The van der Waals surface area contributed by atoms with Crippen LogP contribution in [0.4, 0.5) is 5.69 Å². The van der Waals surface area contributed by atoms with Crippen molar-refractivity contribution >= 4 is 26.7 Å². The van der Waals surface area contributed by atoms with Gasteiger partial charge in [0.25, 0.3) is 10.0 Å². The molecule has 0 unspecified atom stereocenters. The van der Waals surface area contributed by atoms with Crippen molar-refractivity contribution in [2.45, 2.75) is 11.8 Å². The van der Waals surface area contributed by atoms with E-state index in [9.17, 15) is 8.42 Å². The van der Waals surface area contributed by atoms with Crippen molar-refractivity contribution in [3.05, 3.63) is 66.2 Å². The van der Waals surface area contributed by atoms with Crippen LogP contribution in [0.3, 0.4) is 0 Å². The number of aromatic amines is 1. The third kappa shape index (κ3) is 3.69. The Balaban J connectivity index is 1.73. The van der Waals surface area contributed by atoms with Gasteiger partial charge in [0.05, 0.1) is 35.8 Å². The largest absolute Gasteiger partial charge is 0.493 e. The maximum absolute atomic E-state index is 12.7. The van der Waals surface area contributed by atoms with Crippen LogP contribution >= 0.6 is 0 Å². The highest BCUT2D eigenvalue weighted by molar-refractivity contribution is 7.92. The molecule has 2 N–H and O–H groups in total. The highest BCUT2D eigenvalue weighted by atomic mass is 32.2. The number of nitrogens with zero attached hydrogens (tertiary/aromatic N) is 1. The Morgan fingerprint density at radius 1 is 0.933 bits per heavy atom. The molecule has 7 nitrogen and oxygen atoms in total. The minimum Gasteiger partial charge on any atom is -0.493 e. The summed E-state index contributed by atoms with van der Waals surface area (Å²) in [4.78, 5) is 8.09. The minimum atomic E-state index is -3.69. The van der Waals surface area contributed by atoms with Crippen LogP contribution in [0.15, 0.2) is 65.6 Å². The molecular formula is C22H21N3O4S. The monoisotopic (exact) mass is 423 g/mol. The molecule has 1 aromatic heterocycles. The van der Waals surface area contributed by atoms with Crippen LogP contribution in [0.1, 0.15) is 5.56 Å². The van der Waals surface area contributed by atoms with Gasteiger partial charge in [-0.3, -0.25) is 4.72 Å². The number of sulfonamides is 1. The number of fused-ring (bicyclic) bond motifs is 1. The fourth-order valence-electron chi connectivity index (χ4n) is 3.16. The zero-order valence-corrected chi connectivity index (χ0v) is 17.6. The van der Waals surface area contributed by atoms with E-state index in [1.54, 1.807) is 56.7 Å². The summed E-state index contributed by atoms with van der Waals surface area (Å²) < 4.78 is 38.8. The fourth-order valence-corrected chi connectivity index (χ4v) is 4.30. The van der Waals surface area contributed by atoms with Gasteiger partial charge in [-0.1, -0.05) is 30.3 Å². The lowest BCUT2D eigenvalue weighted by atomic mass is 10.1. The van der Waals surface area contributed by atoms with Crippen LogP contribution in [-0.4, -0.2) is 32.6 Å². The van der Waals surface area contributed by atoms with E-state index in [0.717, 1.165) is 22.2 Å². The van der Waals surface area contributed by atoms with Crippen LogP contribution in [0, 0.1) is 6.92 Å². The van der Waals surface area contributed by atoms with Crippen molar-refractivity contribution in [3.8, 4) is 22.9 Å². The van der Waals surface area contributed by atoms with Gasteiger partial charge in [0.2, 0.25) is 0 Å². The Morgan fingerprint density at radius 2 is 1.63 bits per heavy atom. The molecule has 154 valence electrons. The first-order valence-electron chi connectivity index (χ1n) is 9.22. The molecule has 0 atom stereocenters. The number of ether oxygens (including phenoxy) is 2. The Labute approximate surface area is 174 Å². The highest BCUT2D eigenvalue weighted by Crippen LogP contribution is 2.33. The van der Waals surface area contributed by atoms with Crippen molar-refractivity contribution < 1.29 is 17.9 Å². The Hall–Kier alpha value is -3.52. The van der Waals surface area contributed by atoms with Gasteiger partial charge in [0, 0.05) is 17.7 Å². The van der Waals surface area contributed by atoms with Gasteiger partial charge in [0.15, 0.2) is 11.5 Å². The zero-order valence-electron chi connectivity index (χ0n) is 16.8. The number of anilines is 1. The molecule has 0 aliphatic heterocycles. The van der Waals surface area contributed by atoms with Gasteiger partial charge < -0.3 is 14.5 Å². The number of rotatable bonds is 6. The predicted octanol–water partition coefficient (Wildman–Crippen LogP) is 4.36. The van der Waals surface area contributed by atoms with Crippen molar-refractivity contribution in [2.75, 3.05) is 18.9 Å². The topological polar surface area (TPSA) is 93.3 Å². The number of hydrogen-bond donors (Lipinski definition) is 2. The molecule has 0 saturated carbocycles. The maximum atomic E-state index is 12.7. The summed E-state index contributed by atoms with van der Waals surface area (Å²) in [6, 6.07) is 17.4. The molecule has 8 heteroatoms. The van der Waals surface area contributed by atoms with Gasteiger partial charge in [-0.2, -0.15) is 0 Å². The summed E-state index contributed by atoms with van der Waals surface area (Å²) in [6.45, 7) is 1.85. The van der Waals surface area contributed by atoms with Crippen molar-refractivity contribution in [2.24, 2.45) is 0 Å². The molecular weight excluding hydrogens is 402 g/mol. The van der Waals surface area contributed by atoms with Gasteiger partial charge in [0.1, 0.15) is 5.82 Å². The van der Waals surface area contributed by atoms with E-state index in [1.807, 2.05) is 25.1 Å². The molecule has 3 aromatic carbocycles. The highest BCUT2D eigenvalue weighted by Gasteiger charge is 2.16. The molecule has 1 heterocycles.